The summed E-state index contributed by atoms with van der Waals surface area (Å²) in [7, 11) is 0. The molecule has 0 saturated carbocycles. The number of benzene rings is 2. The molecule has 0 aliphatic carbocycles. The Kier molecular flexibility index (Phi) is 4.26. The van der Waals surface area contributed by atoms with Crippen molar-refractivity contribution in [1.82, 2.24) is 0 Å². The third-order valence-corrected chi connectivity index (χ3v) is 3.49. The van der Waals surface area contributed by atoms with Crippen molar-refractivity contribution in [2.75, 3.05) is 5.32 Å². The minimum Gasteiger partial charge on any atom is -0.379 e. The molecule has 2 aromatic carbocycles. The van der Waals surface area contributed by atoms with Gasteiger partial charge in [0.15, 0.2) is 0 Å². The zero-order chi connectivity index (χ0) is 15.6. The van der Waals surface area contributed by atoms with E-state index in [-0.39, 0.29) is 6.04 Å². The number of anilines is 1. The van der Waals surface area contributed by atoms with Gasteiger partial charge < -0.3 is 5.32 Å². The van der Waals surface area contributed by atoms with E-state index in [1.54, 1.807) is 0 Å². The van der Waals surface area contributed by atoms with Crippen molar-refractivity contribution in [3.05, 3.63) is 64.7 Å². The monoisotopic (exact) mass is 293 g/mol. The summed E-state index contributed by atoms with van der Waals surface area (Å²) >= 11 is 0. The molecule has 0 spiro atoms. The number of halogens is 3. The summed E-state index contributed by atoms with van der Waals surface area (Å²) in [6, 6.07) is 11.3. The van der Waals surface area contributed by atoms with E-state index in [2.05, 4.69) is 11.4 Å². The fraction of sp³-hybridized carbons (Fsp3) is 0.294. The molecule has 0 fully saturated rings. The quantitative estimate of drug-likeness (QED) is 0.788. The van der Waals surface area contributed by atoms with Crippen LogP contribution in [0.3, 0.4) is 0 Å². The molecule has 0 radical (unpaired) electrons. The fourth-order valence-electron chi connectivity index (χ4n) is 2.39. The van der Waals surface area contributed by atoms with Crippen LogP contribution in [0.2, 0.25) is 0 Å². The lowest BCUT2D eigenvalue weighted by atomic mass is 10.00. The first-order valence-corrected chi connectivity index (χ1v) is 6.78. The van der Waals surface area contributed by atoms with Crippen molar-refractivity contribution in [3.63, 3.8) is 0 Å². The maximum absolute atomic E-state index is 12.5. The first kappa shape index (κ1) is 15.4. The number of hydrogen-bond donors (Lipinski definition) is 1. The van der Waals surface area contributed by atoms with E-state index in [1.807, 2.05) is 32.9 Å². The van der Waals surface area contributed by atoms with Crippen LogP contribution in [0, 0.1) is 13.8 Å². The van der Waals surface area contributed by atoms with Gasteiger partial charge in [-0.25, -0.2) is 0 Å². The smallest absolute Gasteiger partial charge is 0.379 e. The van der Waals surface area contributed by atoms with Gasteiger partial charge in [-0.2, -0.15) is 13.2 Å². The second kappa shape index (κ2) is 5.80. The molecule has 0 heterocycles. The standard InChI is InChI=1S/C17H18F3N/c1-11-4-9-16(12(2)10-11)13(3)21-15-7-5-14(6-8-15)17(18,19)20/h4-10,13,21H,1-3H3. The number of aryl methyl sites for hydroxylation is 2. The van der Waals surface area contributed by atoms with E-state index in [0.717, 1.165) is 17.7 Å². The number of hydrogen-bond acceptors (Lipinski definition) is 1. The highest BCUT2D eigenvalue weighted by Crippen LogP contribution is 2.30. The van der Waals surface area contributed by atoms with Gasteiger partial charge in [-0.15, -0.1) is 0 Å². The van der Waals surface area contributed by atoms with Crippen molar-refractivity contribution in [1.29, 1.82) is 0 Å². The summed E-state index contributed by atoms with van der Waals surface area (Å²) < 4.78 is 37.6. The Morgan fingerprint density at radius 2 is 1.57 bits per heavy atom. The van der Waals surface area contributed by atoms with Gasteiger partial charge in [0.25, 0.3) is 0 Å². The number of nitrogens with one attached hydrogen (secondary N) is 1. The lowest BCUT2D eigenvalue weighted by molar-refractivity contribution is -0.137. The number of rotatable bonds is 3. The Morgan fingerprint density at radius 3 is 2.10 bits per heavy atom. The molecule has 21 heavy (non-hydrogen) atoms. The van der Waals surface area contributed by atoms with E-state index in [0.29, 0.717) is 5.69 Å². The molecule has 0 bridgehead atoms. The highest BCUT2D eigenvalue weighted by molar-refractivity contribution is 5.48. The summed E-state index contributed by atoms with van der Waals surface area (Å²) in [5, 5.41) is 3.23. The first-order chi connectivity index (χ1) is 9.77. The molecule has 0 aliphatic heterocycles. The SMILES string of the molecule is Cc1ccc(C(C)Nc2ccc(C(F)(F)F)cc2)c(C)c1. The molecule has 0 saturated heterocycles. The average molecular weight is 293 g/mol. The second-order valence-electron chi connectivity index (χ2n) is 5.30. The molecule has 1 N–H and O–H groups in total. The zero-order valence-corrected chi connectivity index (χ0v) is 12.3. The summed E-state index contributed by atoms with van der Waals surface area (Å²) in [6.07, 6.45) is -4.29. The molecule has 1 atom stereocenters. The fourth-order valence-corrected chi connectivity index (χ4v) is 2.39. The third-order valence-electron chi connectivity index (χ3n) is 3.49. The minimum atomic E-state index is -4.29. The van der Waals surface area contributed by atoms with Gasteiger partial charge in [-0.3, -0.25) is 0 Å². The summed E-state index contributed by atoms with van der Waals surface area (Å²) in [5.41, 5.74) is 3.54. The van der Waals surface area contributed by atoms with Crippen molar-refractivity contribution in [2.45, 2.75) is 33.0 Å². The molecule has 4 heteroatoms. The van der Waals surface area contributed by atoms with Crippen LogP contribution in [-0.4, -0.2) is 0 Å². The normalized spacial score (nSPS) is 13.0. The van der Waals surface area contributed by atoms with Gasteiger partial charge >= 0.3 is 6.18 Å². The van der Waals surface area contributed by atoms with Crippen LogP contribution in [0.5, 0.6) is 0 Å². The van der Waals surface area contributed by atoms with Crippen molar-refractivity contribution in [2.24, 2.45) is 0 Å². The maximum Gasteiger partial charge on any atom is 0.416 e. The van der Waals surface area contributed by atoms with Crippen LogP contribution in [0.4, 0.5) is 18.9 Å². The second-order valence-corrected chi connectivity index (χ2v) is 5.30. The highest BCUT2D eigenvalue weighted by Gasteiger charge is 2.29. The highest BCUT2D eigenvalue weighted by atomic mass is 19.4. The Morgan fingerprint density at radius 1 is 0.952 bits per heavy atom. The van der Waals surface area contributed by atoms with Gasteiger partial charge in [-0.1, -0.05) is 23.8 Å². The topological polar surface area (TPSA) is 12.0 Å². The predicted octanol–water partition coefficient (Wildman–Crippen LogP) is 5.50. The maximum atomic E-state index is 12.5. The van der Waals surface area contributed by atoms with E-state index >= 15 is 0 Å². The van der Waals surface area contributed by atoms with Gasteiger partial charge in [0, 0.05) is 11.7 Å². The summed E-state index contributed by atoms with van der Waals surface area (Å²) in [6.45, 7) is 6.06. The van der Waals surface area contributed by atoms with Crippen LogP contribution in [0.25, 0.3) is 0 Å². The van der Waals surface area contributed by atoms with Crippen LogP contribution in [-0.2, 0) is 6.18 Å². The summed E-state index contributed by atoms with van der Waals surface area (Å²) in [5.74, 6) is 0. The van der Waals surface area contributed by atoms with Crippen LogP contribution in [0.1, 0.15) is 35.2 Å². The Hall–Kier alpha value is -1.97. The average Bonchev–Trinajstić information content (AvgIpc) is 2.38. The van der Waals surface area contributed by atoms with E-state index < -0.39 is 11.7 Å². The molecule has 0 aliphatic rings. The Balaban J connectivity index is 2.14. The Bertz CT molecular complexity index is 615. The van der Waals surface area contributed by atoms with E-state index in [1.165, 1.54) is 23.3 Å². The minimum absolute atomic E-state index is 0.0299. The molecule has 2 rings (SSSR count). The Labute approximate surface area is 122 Å². The molecule has 112 valence electrons. The van der Waals surface area contributed by atoms with Crippen molar-refractivity contribution >= 4 is 5.69 Å². The predicted molar refractivity (Wildman–Crippen MR) is 79.4 cm³/mol. The molecule has 1 unspecified atom stereocenters. The van der Waals surface area contributed by atoms with Crippen LogP contribution >= 0.6 is 0 Å². The number of alkyl halides is 3. The van der Waals surface area contributed by atoms with Gasteiger partial charge in [0.2, 0.25) is 0 Å². The van der Waals surface area contributed by atoms with Gasteiger partial charge in [0.1, 0.15) is 0 Å². The first-order valence-electron chi connectivity index (χ1n) is 6.78. The largest absolute Gasteiger partial charge is 0.416 e. The molecule has 0 aromatic heterocycles. The zero-order valence-electron chi connectivity index (χ0n) is 12.3. The lowest BCUT2D eigenvalue weighted by Gasteiger charge is -2.18. The van der Waals surface area contributed by atoms with Crippen molar-refractivity contribution < 1.29 is 13.2 Å². The lowest BCUT2D eigenvalue weighted by Crippen LogP contribution is -2.09. The van der Waals surface area contributed by atoms with Gasteiger partial charge in [-0.05, 0) is 56.2 Å². The molecular weight excluding hydrogens is 275 g/mol. The van der Waals surface area contributed by atoms with Crippen LogP contribution in [0.15, 0.2) is 42.5 Å². The summed E-state index contributed by atoms with van der Waals surface area (Å²) in [4.78, 5) is 0. The van der Waals surface area contributed by atoms with E-state index in [4.69, 9.17) is 0 Å². The molecule has 1 nitrogen and oxygen atoms in total. The van der Waals surface area contributed by atoms with E-state index in [9.17, 15) is 13.2 Å². The molecule has 2 aromatic rings. The molecule has 0 amide bonds. The third kappa shape index (κ3) is 3.78. The van der Waals surface area contributed by atoms with Crippen LogP contribution < -0.4 is 5.32 Å². The van der Waals surface area contributed by atoms with Crippen molar-refractivity contribution in [3.8, 4) is 0 Å². The van der Waals surface area contributed by atoms with Gasteiger partial charge in [0.05, 0.1) is 5.56 Å². The molecular formula is C17H18F3N.